The quantitative estimate of drug-likeness (QED) is 0.838. The lowest BCUT2D eigenvalue weighted by Gasteiger charge is -2.39. The number of hydrogen-bond donors (Lipinski definition) is 1. The van der Waals surface area contributed by atoms with E-state index in [1.807, 2.05) is 29.2 Å². The second kappa shape index (κ2) is 6.00. The predicted octanol–water partition coefficient (Wildman–Crippen LogP) is 3.56. The summed E-state index contributed by atoms with van der Waals surface area (Å²) in [6, 6.07) is 7.85. The van der Waals surface area contributed by atoms with Gasteiger partial charge in [-0.1, -0.05) is 32.4 Å². The fourth-order valence-corrected chi connectivity index (χ4v) is 2.70. The van der Waals surface area contributed by atoms with Crippen LogP contribution in [-0.2, 0) is 11.2 Å². The van der Waals surface area contributed by atoms with E-state index in [9.17, 15) is 4.79 Å². The summed E-state index contributed by atoms with van der Waals surface area (Å²) in [7, 11) is 0. The largest absolute Gasteiger partial charge is 0.342 e. The van der Waals surface area contributed by atoms with Crippen molar-refractivity contribution in [2.75, 3.05) is 13.1 Å². The van der Waals surface area contributed by atoms with Crippen LogP contribution in [0.1, 0.15) is 38.7 Å². The summed E-state index contributed by atoms with van der Waals surface area (Å²) < 4.78 is 0. The second-order valence-corrected chi connectivity index (χ2v) is 6.40. The molecule has 0 atom stereocenters. The lowest BCUT2D eigenvalue weighted by Crippen LogP contribution is -2.42. The summed E-state index contributed by atoms with van der Waals surface area (Å²) >= 11 is 4.26. The van der Waals surface area contributed by atoms with Crippen LogP contribution in [0.5, 0.6) is 0 Å². The molecule has 1 heterocycles. The number of carbonyl (C=O) groups is 1. The van der Waals surface area contributed by atoms with Crippen LogP contribution in [0.4, 0.5) is 0 Å². The third-order valence-electron chi connectivity index (χ3n) is 4.47. The molecule has 0 aliphatic carbocycles. The molecule has 0 bridgehead atoms. The van der Waals surface area contributed by atoms with Crippen molar-refractivity contribution in [2.24, 2.45) is 5.41 Å². The maximum atomic E-state index is 12.3. The van der Waals surface area contributed by atoms with Crippen LogP contribution in [0.25, 0.3) is 0 Å². The minimum absolute atomic E-state index is 0.255. The molecule has 1 aliphatic rings. The minimum atomic E-state index is 0.255. The minimum Gasteiger partial charge on any atom is -0.342 e. The maximum absolute atomic E-state index is 12.3. The standard InChI is InChI=1S/C16H23NOS/c1-3-16(2)8-10-17(11-9-16)15(18)12-13-4-6-14(19)7-5-13/h4-7,19H,3,8-12H2,1-2H3. The highest BCUT2D eigenvalue weighted by Crippen LogP contribution is 2.34. The summed E-state index contributed by atoms with van der Waals surface area (Å²) in [5.41, 5.74) is 1.51. The molecule has 0 unspecified atom stereocenters. The Bertz CT molecular complexity index is 433. The first-order valence-corrected chi connectivity index (χ1v) is 7.53. The van der Waals surface area contributed by atoms with Gasteiger partial charge in [0.25, 0.3) is 0 Å². The van der Waals surface area contributed by atoms with Crippen LogP contribution in [-0.4, -0.2) is 23.9 Å². The van der Waals surface area contributed by atoms with E-state index in [2.05, 4.69) is 26.5 Å². The van der Waals surface area contributed by atoms with Crippen molar-refractivity contribution in [1.82, 2.24) is 4.90 Å². The summed E-state index contributed by atoms with van der Waals surface area (Å²) in [5.74, 6) is 0.255. The molecular formula is C16H23NOS. The molecule has 0 spiro atoms. The fourth-order valence-electron chi connectivity index (χ4n) is 2.55. The van der Waals surface area contributed by atoms with Crippen LogP contribution in [0.2, 0.25) is 0 Å². The highest BCUT2D eigenvalue weighted by atomic mass is 32.1. The van der Waals surface area contributed by atoms with Crippen molar-refractivity contribution in [3.63, 3.8) is 0 Å². The molecule has 3 heteroatoms. The second-order valence-electron chi connectivity index (χ2n) is 5.89. The molecule has 0 radical (unpaired) electrons. The monoisotopic (exact) mass is 277 g/mol. The van der Waals surface area contributed by atoms with E-state index in [0.29, 0.717) is 11.8 Å². The molecule has 1 aromatic rings. The van der Waals surface area contributed by atoms with Gasteiger partial charge in [0.15, 0.2) is 0 Å². The maximum Gasteiger partial charge on any atom is 0.226 e. The van der Waals surface area contributed by atoms with E-state index in [-0.39, 0.29) is 5.91 Å². The molecule has 1 amide bonds. The molecule has 1 aliphatic heterocycles. The van der Waals surface area contributed by atoms with E-state index >= 15 is 0 Å². The summed E-state index contributed by atoms with van der Waals surface area (Å²) in [6.07, 6.45) is 3.98. The normalized spacial score (nSPS) is 18.4. The third-order valence-corrected chi connectivity index (χ3v) is 4.77. The zero-order valence-electron chi connectivity index (χ0n) is 11.9. The number of hydrogen-bond acceptors (Lipinski definition) is 2. The number of carbonyl (C=O) groups excluding carboxylic acids is 1. The van der Waals surface area contributed by atoms with Gasteiger partial charge in [-0.3, -0.25) is 4.79 Å². The van der Waals surface area contributed by atoms with E-state index in [1.54, 1.807) is 0 Å². The zero-order valence-corrected chi connectivity index (χ0v) is 12.7. The summed E-state index contributed by atoms with van der Waals surface area (Å²) in [6.45, 7) is 6.40. The van der Waals surface area contributed by atoms with Crippen LogP contribution in [0.3, 0.4) is 0 Å². The molecule has 2 rings (SSSR count). The number of rotatable bonds is 3. The molecular weight excluding hydrogens is 254 g/mol. The van der Waals surface area contributed by atoms with Crippen molar-refractivity contribution in [3.05, 3.63) is 29.8 Å². The molecule has 0 aromatic heterocycles. The van der Waals surface area contributed by atoms with Gasteiger partial charge >= 0.3 is 0 Å². The average molecular weight is 277 g/mol. The summed E-state index contributed by atoms with van der Waals surface area (Å²) in [4.78, 5) is 15.2. The van der Waals surface area contributed by atoms with Gasteiger partial charge in [-0.2, -0.15) is 0 Å². The predicted molar refractivity (Wildman–Crippen MR) is 81.6 cm³/mol. The average Bonchev–Trinajstić information content (AvgIpc) is 2.42. The van der Waals surface area contributed by atoms with E-state index in [0.717, 1.165) is 36.4 Å². The van der Waals surface area contributed by atoms with Crippen molar-refractivity contribution in [1.29, 1.82) is 0 Å². The molecule has 0 N–H and O–H groups in total. The number of likely N-dealkylation sites (tertiary alicyclic amines) is 1. The SMILES string of the molecule is CCC1(C)CCN(C(=O)Cc2ccc(S)cc2)CC1. The molecule has 104 valence electrons. The number of amides is 1. The summed E-state index contributed by atoms with van der Waals surface area (Å²) in [5, 5.41) is 0. The third kappa shape index (κ3) is 3.75. The number of nitrogens with zero attached hydrogens (tertiary/aromatic N) is 1. The van der Waals surface area contributed by atoms with Gasteiger partial charge in [-0.15, -0.1) is 12.6 Å². The highest BCUT2D eigenvalue weighted by molar-refractivity contribution is 7.80. The van der Waals surface area contributed by atoms with Crippen molar-refractivity contribution < 1.29 is 4.79 Å². The lowest BCUT2D eigenvalue weighted by atomic mass is 9.78. The first-order valence-electron chi connectivity index (χ1n) is 7.08. The Balaban J connectivity index is 1.89. The molecule has 1 fully saturated rings. The Labute approximate surface area is 121 Å². The molecule has 1 aromatic carbocycles. The Kier molecular flexibility index (Phi) is 4.56. The Morgan fingerprint density at radius 1 is 1.26 bits per heavy atom. The lowest BCUT2D eigenvalue weighted by molar-refractivity contribution is -0.132. The number of piperidine rings is 1. The van der Waals surface area contributed by atoms with E-state index < -0.39 is 0 Å². The van der Waals surface area contributed by atoms with Crippen LogP contribution in [0, 0.1) is 5.41 Å². The number of thiol groups is 1. The van der Waals surface area contributed by atoms with Gasteiger partial charge in [0.2, 0.25) is 5.91 Å². The highest BCUT2D eigenvalue weighted by Gasteiger charge is 2.30. The first kappa shape index (κ1) is 14.4. The Hall–Kier alpha value is -0.960. The van der Waals surface area contributed by atoms with Gasteiger partial charge in [0, 0.05) is 18.0 Å². The van der Waals surface area contributed by atoms with Crippen LogP contribution < -0.4 is 0 Å². The van der Waals surface area contributed by atoms with E-state index in [4.69, 9.17) is 0 Å². The van der Waals surface area contributed by atoms with Crippen molar-refractivity contribution >= 4 is 18.5 Å². The smallest absolute Gasteiger partial charge is 0.226 e. The fraction of sp³-hybridized carbons (Fsp3) is 0.562. The first-order chi connectivity index (χ1) is 9.02. The molecule has 0 saturated carbocycles. The number of benzene rings is 1. The zero-order chi connectivity index (χ0) is 13.9. The van der Waals surface area contributed by atoms with Crippen molar-refractivity contribution in [3.8, 4) is 0 Å². The topological polar surface area (TPSA) is 20.3 Å². The van der Waals surface area contributed by atoms with Crippen LogP contribution >= 0.6 is 12.6 Å². The van der Waals surface area contributed by atoms with Gasteiger partial charge < -0.3 is 4.90 Å². The molecule has 1 saturated heterocycles. The Morgan fingerprint density at radius 3 is 2.37 bits per heavy atom. The van der Waals surface area contributed by atoms with Crippen LogP contribution in [0.15, 0.2) is 29.2 Å². The van der Waals surface area contributed by atoms with Crippen molar-refractivity contribution in [2.45, 2.75) is 44.4 Å². The molecule has 2 nitrogen and oxygen atoms in total. The van der Waals surface area contributed by atoms with Gasteiger partial charge in [0.1, 0.15) is 0 Å². The Morgan fingerprint density at radius 2 is 1.84 bits per heavy atom. The molecule has 19 heavy (non-hydrogen) atoms. The van der Waals surface area contributed by atoms with E-state index in [1.165, 1.54) is 6.42 Å². The van der Waals surface area contributed by atoms with Gasteiger partial charge in [-0.05, 0) is 36.0 Å². The van der Waals surface area contributed by atoms with Gasteiger partial charge in [-0.25, -0.2) is 0 Å². The van der Waals surface area contributed by atoms with Gasteiger partial charge in [0.05, 0.1) is 6.42 Å².